The Morgan fingerprint density at radius 1 is 1.44 bits per heavy atom. The first-order valence-corrected chi connectivity index (χ1v) is 6.67. The number of halogens is 2. The number of rotatable bonds is 4. The number of aryl methyl sites for hydroxylation is 1. The van der Waals surface area contributed by atoms with Gasteiger partial charge in [-0.05, 0) is 24.6 Å². The topological polar surface area (TPSA) is 30.0 Å². The summed E-state index contributed by atoms with van der Waals surface area (Å²) >= 11 is 7.14. The maximum Gasteiger partial charge on any atom is 0.144 e. The van der Waals surface area contributed by atoms with Crippen molar-refractivity contribution < 1.29 is 9.18 Å². The first-order chi connectivity index (χ1) is 8.54. The standard InChI is InChI=1S/C13H11ClFNOS/c1-8-7-18-13(16-8)6-10(17)4-9-2-3-12(15)11(14)5-9/h2-3,5,7H,4,6H2,1H3. The van der Waals surface area contributed by atoms with Crippen molar-refractivity contribution in [3.63, 3.8) is 0 Å². The highest BCUT2D eigenvalue weighted by atomic mass is 35.5. The number of hydrogen-bond donors (Lipinski definition) is 0. The smallest absolute Gasteiger partial charge is 0.144 e. The second kappa shape index (κ2) is 5.59. The van der Waals surface area contributed by atoms with Gasteiger partial charge < -0.3 is 0 Å². The van der Waals surface area contributed by atoms with E-state index in [4.69, 9.17) is 11.6 Å². The highest BCUT2D eigenvalue weighted by molar-refractivity contribution is 7.09. The average molecular weight is 284 g/mol. The number of benzene rings is 1. The van der Waals surface area contributed by atoms with Crippen LogP contribution in [0.25, 0.3) is 0 Å². The number of nitrogens with zero attached hydrogens (tertiary/aromatic N) is 1. The third-order valence-electron chi connectivity index (χ3n) is 2.40. The van der Waals surface area contributed by atoms with Gasteiger partial charge in [0.25, 0.3) is 0 Å². The van der Waals surface area contributed by atoms with Crippen molar-refractivity contribution in [3.8, 4) is 0 Å². The van der Waals surface area contributed by atoms with Crippen molar-refractivity contribution in [2.75, 3.05) is 0 Å². The summed E-state index contributed by atoms with van der Waals surface area (Å²) in [6.45, 7) is 1.89. The Bertz CT molecular complexity index is 582. The third-order valence-corrected chi connectivity index (χ3v) is 3.66. The maximum absolute atomic E-state index is 13.0. The van der Waals surface area contributed by atoms with Crippen molar-refractivity contribution in [3.05, 3.63) is 50.7 Å². The number of thiazole rings is 1. The first kappa shape index (κ1) is 13.2. The molecule has 0 saturated heterocycles. The molecule has 0 N–H and O–H groups in total. The molecule has 2 aromatic rings. The Kier molecular flexibility index (Phi) is 4.09. The van der Waals surface area contributed by atoms with E-state index in [-0.39, 0.29) is 17.2 Å². The van der Waals surface area contributed by atoms with E-state index < -0.39 is 5.82 Å². The first-order valence-electron chi connectivity index (χ1n) is 5.41. The normalized spacial score (nSPS) is 10.6. The SMILES string of the molecule is Cc1csc(CC(=O)Cc2ccc(F)c(Cl)c2)n1. The molecular formula is C13H11ClFNOS. The summed E-state index contributed by atoms with van der Waals surface area (Å²) in [5.41, 5.74) is 1.65. The Balaban J connectivity index is 2.00. The van der Waals surface area contributed by atoms with Gasteiger partial charge in [0.2, 0.25) is 0 Å². The highest BCUT2D eigenvalue weighted by Crippen LogP contribution is 2.17. The molecular weight excluding hydrogens is 273 g/mol. The Hall–Kier alpha value is -1.26. The molecule has 94 valence electrons. The van der Waals surface area contributed by atoms with Gasteiger partial charge in [-0.2, -0.15) is 0 Å². The molecule has 0 aliphatic heterocycles. The molecule has 1 aromatic carbocycles. The number of Topliss-reactive ketones (excluding diaryl/α,β-unsaturated/α-hetero) is 1. The summed E-state index contributed by atoms with van der Waals surface area (Å²) in [5.74, 6) is -0.421. The van der Waals surface area contributed by atoms with Crippen LogP contribution in [0, 0.1) is 12.7 Å². The van der Waals surface area contributed by atoms with Crippen LogP contribution in [0.5, 0.6) is 0 Å². The van der Waals surface area contributed by atoms with Gasteiger partial charge in [-0.15, -0.1) is 11.3 Å². The van der Waals surface area contributed by atoms with Gasteiger partial charge in [0.05, 0.1) is 11.4 Å². The van der Waals surface area contributed by atoms with E-state index in [2.05, 4.69) is 4.98 Å². The van der Waals surface area contributed by atoms with Crippen molar-refractivity contribution in [1.29, 1.82) is 0 Å². The molecule has 0 aliphatic rings. The summed E-state index contributed by atoms with van der Waals surface area (Å²) in [5, 5.41) is 2.77. The fourth-order valence-electron chi connectivity index (χ4n) is 1.59. The second-order valence-corrected chi connectivity index (χ2v) is 5.37. The van der Waals surface area contributed by atoms with Crippen molar-refractivity contribution >= 4 is 28.7 Å². The van der Waals surface area contributed by atoms with E-state index in [0.717, 1.165) is 16.3 Å². The molecule has 0 amide bonds. The van der Waals surface area contributed by atoms with Gasteiger partial charge in [0, 0.05) is 17.5 Å². The zero-order valence-corrected chi connectivity index (χ0v) is 11.3. The molecule has 0 radical (unpaired) electrons. The van der Waals surface area contributed by atoms with E-state index in [1.54, 1.807) is 6.07 Å². The molecule has 2 nitrogen and oxygen atoms in total. The van der Waals surface area contributed by atoms with Gasteiger partial charge in [0.15, 0.2) is 0 Å². The molecule has 0 bridgehead atoms. The van der Waals surface area contributed by atoms with Crippen LogP contribution in [-0.2, 0) is 17.6 Å². The minimum Gasteiger partial charge on any atom is -0.299 e. The van der Waals surface area contributed by atoms with Crippen molar-refractivity contribution in [1.82, 2.24) is 4.98 Å². The van der Waals surface area contributed by atoms with Crippen LogP contribution in [0.3, 0.4) is 0 Å². The summed E-state index contributed by atoms with van der Waals surface area (Å²) in [7, 11) is 0. The van der Waals surface area contributed by atoms with Crippen LogP contribution in [0.4, 0.5) is 4.39 Å². The lowest BCUT2D eigenvalue weighted by Crippen LogP contribution is -2.06. The molecule has 1 aromatic heterocycles. The molecule has 18 heavy (non-hydrogen) atoms. The number of aromatic nitrogens is 1. The predicted octanol–water partition coefficient (Wildman–Crippen LogP) is 3.60. The summed E-state index contributed by atoms with van der Waals surface area (Å²) in [6.07, 6.45) is 0.562. The molecule has 0 atom stereocenters. The fraction of sp³-hybridized carbons (Fsp3) is 0.231. The van der Waals surface area contributed by atoms with Crippen molar-refractivity contribution in [2.24, 2.45) is 0 Å². The van der Waals surface area contributed by atoms with E-state index in [0.29, 0.717) is 6.42 Å². The summed E-state index contributed by atoms with van der Waals surface area (Å²) in [6, 6.07) is 4.34. The Morgan fingerprint density at radius 3 is 2.83 bits per heavy atom. The molecule has 0 spiro atoms. The number of carbonyl (C=O) groups excluding carboxylic acids is 1. The van der Waals surface area contributed by atoms with E-state index in [1.165, 1.54) is 23.5 Å². The van der Waals surface area contributed by atoms with E-state index in [1.807, 2.05) is 12.3 Å². The number of carbonyl (C=O) groups is 1. The van der Waals surface area contributed by atoms with E-state index >= 15 is 0 Å². The van der Waals surface area contributed by atoms with Crippen molar-refractivity contribution in [2.45, 2.75) is 19.8 Å². The molecule has 0 fully saturated rings. The van der Waals surface area contributed by atoms with Crippen LogP contribution >= 0.6 is 22.9 Å². The predicted molar refractivity (Wildman–Crippen MR) is 70.7 cm³/mol. The lowest BCUT2D eigenvalue weighted by atomic mass is 10.1. The quantitative estimate of drug-likeness (QED) is 0.858. The lowest BCUT2D eigenvalue weighted by molar-refractivity contribution is -0.117. The molecule has 0 aliphatic carbocycles. The van der Waals surface area contributed by atoms with Gasteiger partial charge in [-0.25, -0.2) is 9.37 Å². The molecule has 0 saturated carbocycles. The lowest BCUT2D eigenvalue weighted by Gasteiger charge is -2.01. The Labute approximate surface area is 113 Å². The van der Waals surface area contributed by atoms with Crippen LogP contribution in [-0.4, -0.2) is 10.8 Å². The molecule has 1 heterocycles. The highest BCUT2D eigenvalue weighted by Gasteiger charge is 2.09. The van der Waals surface area contributed by atoms with Gasteiger partial charge in [-0.3, -0.25) is 4.79 Å². The van der Waals surface area contributed by atoms with Gasteiger partial charge >= 0.3 is 0 Å². The largest absolute Gasteiger partial charge is 0.299 e. The van der Waals surface area contributed by atoms with Crippen LogP contribution in [0.1, 0.15) is 16.3 Å². The second-order valence-electron chi connectivity index (χ2n) is 4.02. The van der Waals surface area contributed by atoms with Crippen LogP contribution in [0.2, 0.25) is 5.02 Å². The zero-order chi connectivity index (χ0) is 13.1. The number of hydrogen-bond acceptors (Lipinski definition) is 3. The number of ketones is 1. The van der Waals surface area contributed by atoms with E-state index in [9.17, 15) is 9.18 Å². The fourth-order valence-corrected chi connectivity index (χ4v) is 2.60. The maximum atomic E-state index is 13.0. The third kappa shape index (κ3) is 3.37. The summed E-state index contributed by atoms with van der Waals surface area (Å²) < 4.78 is 13.0. The van der Waals surface area contributed by atoms with Gasteiger partial charge in [0.1, 0.15) is 16.6 Å². The minimum absolute atomic E-state index is 0.0467. The molecule has 2 rings (SSSR count). The Morgan fingerprint density at radius 2 is 2.22 bits per heavy atom. The van der Waals surface area contributed by atoms with Crippen LogP contribution in [0.15, 0.2) is 23.6 Å². The van der Waals surface area contributed by atoms with Crippen LogP contribution < -0.4 is 0 Å². The molecule has 0 unspecified atom stereocenters. The monoisotopic (exact) mass is 283 g/mol. The molecule has 5 heteroatoms. The zero-order valence-electron chi connectivity index (χ0n) is 9.74. The average Bonchev–Trinajstić information content (AvgIpc) is 2.69. The van der Waals surface area contributed by atoms with Gasteiger partial charge in [-0.1, -0.05) is 17.7 Å². The minimum atomic E-state index is -0.469. The summed E-state index contributed by atoms with van der Waals surface area (Å²) in [4.78, 5) is 16.1.